The van der Waals surface area contributed by atoms with E-state index in [1.54, 1.807) is 7.11 Å². The molecule has 1 atom stereocenters. The van der Waals surface area contributed by atoms with Crippen LogP contribution in [0.3, 0.4) is 0 Å². The Balaban J connectivity index is 2.61. The number of aliphatic imine (C=N–C) groups is 1. The minimum atomic E-state index is -0.532. The summed E-state index contributed by atoms with van der Waals surface area (Å²) in [6.07, 6.45) is 0.216. The zero-order valence-corrected chi connectivity index (χ0v) is 12.7. The fourth-order valence-corrected chi connectivity index (χ4v) is 1.90. The highest BCUT2D eigenvalue weighted by atomic mass is 19.1. The maximum Gasteiger partial charge on any atom is 0.191 e. The maximum atomic E-state index is 13.5. The average molecular weight is 299 g/mol. The van der Waals surface area contributed by atoms with Crippen LogP contribution in [-0.2, 0) is 11.2 Å². The van der Waals surface area contributed by atoms with Gasteiger partial charge in [0.05, 0.1) is 6.61 Å². The zero-order chi connectivity index (χ0) is 15.7. The molecule has 118 valence electrons. The summed E-state index contributed by atoms with van der Waals surface area (Å²) in [5.41, 5.74) is 0.0713. The molecule has 1 aromatic carbocycles. The largest absolute Gasteiger partial charge is 0.383 e. The quantitative estimate of drug-likeness (QED) is 0.599. The fourth-order valence-electron chi connectivity index (χ4n) is 1.90. The predicted octanol–water partition coefficient (Wildman–Crippen LogP) is 2.10. The highest BCUT2D eigenvalue weighted by molar-refractivity contribution is 5.80. The Bertz CT molecular complexity index is 446. The molecule has 6 heteroatoms. The summed E-state index contributed by atoms with van der Waals surface area (Å²) in [7, 11) is 1.63. The molecule has 0 fully saturated rings. The van der Waals surface area contributed by atoms with Crippen LogP contribution in [0.25, 0.3) is 0 Å². The molecule has 0 saturated heterocycles. The smallest absolute Gasteiger partial charge is 0.191 e. The van der Waals surface area contributed by atoms with Crippen LogP contribution in [0.15, 0.2) is 23.2 Å². The Morgan fingerprint density at radius 3 is 2.57 bits per heavy atom. The summed E-state index contributed by atoms with van der Waals surface area (Å²) >= 11 is 0. The van der Waals surface area contributed by atoms with E-state index in [1.807, 2.05) is 13.8 Å². The number of nitrogens with one attached hydrogen (secondary N) is 2. The Labute approximate surface area is 124 Å². The molecular weight excluding hydrogens is 276 g/mol. The molecule has 4 nitrogen and oxygen atoms in total. The van der Waals surface area contributed by atoms with Gasteiger partial charge in [0.2, 0.25) is 0 Å². The topological polar surface area (TPSA) is 45.7 Å². The van der Waals surface area contributed by atoms with E-state index in [4.69, 9.17) is 4.74 Å². The lowest BCUT2D eigenvalue weighted by Crippen LogP contribution is -2.44. The number of hydrogen-bond donors (Lipinski definition) is 2. The normalized spacial score (nSPS) is 13.1. The van der Waals surface area contributed by atoms with E-state index in [1.165, 1.54) is 18.2 Å². The van der Waals surface area contributed by atoms with Gasteiger partial charge in [-0.15, -0.1) is 0 Å². The van der Waals surface area contributed by atoms with Crippen molar-refractivity contribution in [3.63, 3.8) is 0 Å². The first kappa shape index (κ1) is 17.4. The maximum absolute atomic E-state index is 13.5. The first-order chi connectivity index (χ1) is 10.1. The highest BCUT2D eigenvalue weighted by Crippen LogP contribution is 2.12. The molecule has 0 amide bonds. The van der Waals surface area contributed by atoms with Crippen LogP contribution in [-0.4, -0.2) is 38.8 Å². The molecule has 0 aromatic heterocycles. The molecule has 1 rings (SSSR count). The van der Waals surface area contributed by atoms with E-state index in [2.05, 4.69) is 15.6 Å². The van der Waals surface area contributed by atoms with Gasteiger partial charge in [0.15, 0.2) is 5.96 Å². The second kappa shape index (κ2) is 9.28. The van der Waals surface area contributed by atoms with Crippen molar-refractivity contribution in [2.45, 2.75) is 26.3 Å². The van der Waals surface area contributed by atoms with Crippen molar-refractivity contribution in [1.29, 1.82) is 0 Å². The third-order valence-corrected chi connectivity index (χ3v) is 2.84. The Kier molecular flexibility index (Phi) is 7.68. The fraction of sp³-hybridized carbons (Fsp3) is 0.533. The Morgan fingerprint density at radius 1 is 1.33 bits per heavy atom. The lowest BCUT2D eigenvalue weighted by Gasteiger charge is -2.17. The van der Waals surface area contributed by atoms with Gasteiger partial charge in [0.1, 0.15) is 11.6 Å². The van der Waals surface area contributed by atoms with E-state index in [0.29, 0.717) is 25.7 Å². The van der Waals surface area contributed by atoms with E-state index < -0.39 is 11.6 Å². The van der Waals surface area contributed by atoms with Crippen LogP contribution in [0.4, 0.5) is 8.78 Å². The molecule has 1 aromatic rings. The molecule has 0 aliphatic rings. The number of hydrogen-bond acceptors (Lipinski definition) is 2. The SMILES string of the molecule is CCNC(=NCCc1c(F)cccc1F)NC(C)COC. The molecule has 2 N–H and O–H groups in total. The summed E-state index contributed by atoms with van der Waals surface area (Å²) in [6, 6.07) is 3.96. The van der Waals surface area contributed by atoms with Crippen LogP contribution in [0.2, 0.25) is 0 Å². The molecule has 0 aliphatic carbocycles. The van der Waals surface area contributed by atoms with Gasteiger partial charge in [-0.3, -0.25) is 4.99 Å². The third-order valence-electron chi connectivity index (χ3n) is 2.84. The second-order valence-corrected chi connectivity index (χ2v) is 4.71. The molecule has 0 spiro atoms. The lowest BCUT2D eigenvalue weighted by atomic mass is 10.1. The van der Waals surface area contributed by atoms with Gasteiger partial charge < -0.3 is 15.4 Å². The van der Waals surface area contributed by atoms with Gasteiger partial charge in [-0.05, 0) is 32.4 Å². The number of rotatable bonds is 7. The number of ether oxygens (including phenoxy) is 1. The summed E-state index contributed by atoms with van der Waals surface area (Å²) < 4.78 is 32.0. The number of halogens is 2. The molecule has 0 saturated carbocycles. The number of benzene rings is 1. The first-order valence-corrected chi connectivity index (χ1v) is 7.05. The van der Waals surface area contributed by atoms with Crippen molar-refractivity contribution in [2.24, 2.45) is 4.99 Å². The van der Waals surface area contributed by atoms with Crippen molar-refractivity contribution in [3.8, 4) is 0 Å². The monoisotopic (exact) mass is 299 g/mol. The van der Waals surface area contributed by atoms with E-state index >= 15 is 0 Å². The average Bonchev–Trinajstić information content (AvgIpc) is 2.42. The summed E-state index contributed by atoms with van der Waals surface area (Å²) in [5, 5.41) is 6.24. The molecule has 0 aliphatic heterocycles. The number of nitrogens with zero attached hydrogens (tertiary/aromatic N) is 1. The van der Waals surface area contributed by atoms with Crippen molar-refractivity contribution in [1.82, 2.24) is 10.6 Å². The minimum Gasteiger partial charge on any atom is -0.383 e. The summed E-state index contributed by atoms with van der Waals surface area (Å²) in [6.45, 7) is 5.47. The highest BCUT2D eigenvalue weighted by Gasteiger charge is 2.08. The van der Waals surface area contributed by atoms with Crippen LogP contribution < -0.4 is 10.6 Å². The van der Waals surface area contributed by atoms with E-state index in [0.717, 1.165) is 0 Å². The van der Waals surface area contributed by atoms with Gasteiger partial charge in [0, 0.05) is 31.8 Å². The van der Waals surface area contributed by atoms with Crippen molar-refractivity contribution in [3.05, 3.63) is 35.4 Å². The van der Waals surface area contributed by atoms with Gasteiger partial charge in [-0.2, -0.15) is 0 Å². The predicted molar refractivity (Wildman–Crippen MR) is 80.5 cm³/mol. The molecule has 0 radical (unpaired) electrons. The van der Waals surface area contributed by atoms with Gasteiger partial charge in [-0.1, -0.05) is 6.07 Å². The van der Waals surface area contributed by atoms with Gasteiger partial charge in [0.25, 0.3) is 0 Å². The standard InChI is InChI=1S/C15H23F2N3O/c1-4-18-15(20-11(2)10-21-3)19-9-8-12-13(16)6-5-7-14(12)17/h5-7,11H,4,8-10H2,1-3H3,(H2,18,19,20). The van der Waals surface area contributed by atoms with Crippen LogP contribution in [0.5, 0.6) is 0 Å². The van der Waals surface area contributed by atoms with E-state index in [9.17, 15) is 8.78 Å². The van der Waals surface area contributed by atoms with Crippen LogP contribution in [0.1, 0.15) is 19.4 Å². The lowest BCUT2D eigenvalue weighted by molar-refractivity contribution is 0.179. The minimum absolute atomic E-state index is 0.0713. The van der Waals surface area contributed by atoms with Crippen LogP contribution >= 0.6 is 0 Å². The molecule has 0 heterocycles. The summed E-state index contributed by atoms with van der Waals surface area (Å²) in [5.74, 6) is -0.453. The van der Waals surface area contributed by atoms with Crippen molar-refractivity contribution >= 4 is 5.96 Å². The number of methoxy groups -OCH3 is 1. The van der Waals surface area contributed by atoms with Gasteiger partial charge >= 0.3 is 0 Å². The Morgan fingerprint density at radius 2 is 2.00 bits per heavy atom. The van der Waals surface area contributed by atoms with Crippen LogP contribution in [0, 0.1) is 11.6 Å². The molecule has 0 bridgehead atoms. The summed E-state index contributed by atoms with van der Waals surface area (Å²) in [4.78, 5) is 4.32. The Hall–Kier alpha value is -1.69. The van der Waals surface area contributed by atoms with Crippen molar-refractivity contribution < 1.29 is 13.5 Å². The van der Waals surface area contributed by atoms with Crippen molar-refractivity contribution in [2.75, 3.05) is 26.8 Å². The van der Waals surface area contributed by atoms with E-state index in [-0.39, 0.29) is 18.0 Å². The molecule has 21 heavy (non-hydrogen) atoms. The van der Waals surface area contributed by atoms with Gasteiger partial charge in [-0.25, -0.2) is 8.78 Å². The zero-order valence-electron chi connectivity index (χ0n) is 12.7. The number of guanidine groups is 1. The second-order valence-electron chi connectivity index (χ2n) is 4.71. The third kappa shape index (κ3) is 6.08. The first-order valence-electron chi connectivity index (χ1n) is 7.05. The molecule has 1 unspecified atom stereocenters. The molecular formula is C15H23F2N3O.